The fourth-order valence-corrected chi connectivity index (χ4v) is 2.19. The first-order valence-electron chi connectivity index (χ1n) is 8.39. The smallest absolute Gasteiger partial charge is 0.240 e. The molecule has 0 saturated carbocycles. The van der Waals surface area contributed by atoms with Crippen LogP contribution in [0.2, 0.25) is 0 Å². The molecule has 0 aliphatic carbocycles. The number of unbranched alkanes of at least 4 members (excludes halogenated alkanes) is 1. The maximum Gasteiger partial charge on any atom is 0.240 e. The monoisotopic (exact) mass is 340 g/mol. The molecule has 0 unspecified atom stereocenters. The molecule has 0 spiro atoms. The van der Waals surface area contributed by atoms with E-state index in [4.69, 9.17) is 9.47 Å². The number of rotatable bonds is 9. The summed E-state index contributed by atoms with van der Waals surface area (Å²) in [5.74, 6) is 1.21. The summed E-state index contributed by atoms with van der Waals surface area (Å²) < 4.78 is 11.2. The Labute approximate surface area is 148 Å². The summed E-state index contributed by atoms with van der Waals surface area (Å²) in [6.45, 7) is 2.52. The molecule has 25 heavy (non-hydrogen) atoms. The number of nitrogens with zero attached hydrogens (tertiary/aromatic N) is 1. The summed E-state index contributed by atoms with van der Waals surface area (Å²) in [5.41, 5.74) is 4.43. The lowest BCUT2D eigenvalue weighted by molar-refractivity contribution is -0.121. The van der Waals surface area contributed by atoms with Crippen LogP contribution in [0.25, 0.3) is 0 Å². The van der Waals surface area contributed by atoms with Crippen LogP contribution in [-0.2, 0) is 11.4 Å². The van der Waals surface area contributed by atoms with E-state index in [1.807, 2.05) is 55.5 Å². The molecule has 0 radical (unpaired) electrons. The average molecular weight is 340 g/mol. The van der Waals surface area contributed by atoms with Gasteiger partial charge in [0, 0.05) is 6.42 Å². The van der Waals surface area contributed by atoms with Crippen molar-refractivity contribution in [2.75, 3.05) is 7.11 Å². The second-order valence-electron chi connectivity index (χ2n) is 5.58. The van der Waals surface area contributed by atoms with Crippen LogP contribution in [0.5, 0.6) is 11.5 Å². The van der Waals surface area contributed by atoms with Crippen molar-refractivity contribution >= 4 is 12.1 Å². The summed E-state index contributed by atoms with van der Waals surface area (Å²) in [6.07, 6.45) is 3.93. The molecular formula is C20H24N2O3. The van der Waals surface area contributed by atoms with Gasteiger partial charge in [-0.3, -0.25) is 4.79 Å². The topological polar surface area (TPSA) is 59.9 Å². The van der Waals surface area contributed by atoms with Crippen molar-refractivity contribution in [3.8, 4) is 11.5 Å². The van der Waals surface area contributed by atoms with Gasteiger partial charge in [-0.25, -0.2) is 5.43 Å². The van der Waals surface area contributed by atoms with Crippen molar-refractivity contribution in [1.29, 1.82) is 0 Å². The quantitative estimate of drug-likeness (QED) is 0.556. The number of ether oxygens (including phenoxy) is 2. The van der Waals surface area contributed by atoms with E-state index in [1.165, 1.54) is 0 Å². The predicted molar refractivity (Wildman–Crippen MR) is 99.0 cm³/mol. The zero-order valence-electron chi connectivity index (χ0n) is 14.7. The molecule has 0 atom stereocenters. The van der Waals surface area contributed by atoms with Crippen LogP contribution >= 0.6 is 0 Å². The van der Waals surface area contributed by atoms with Gasteiger partial charge in [0.1, 0.15) is 6.61 Å². The number of amides is 1. The number of hydrogen-bond acceptors (Lipinski definition) is 4. The minimum absolute atomic E-state index is 0.0760. The van der Waals surface area contributed by atoms with Crippen molar-refractivity contribution in [1.82, 2.24) is 5.43 Å². The highest BCUT2D eigenvalue weighted by atomic mass is 16.5. The Morgan fingerprint density at radius 3 is 2.68 bits per heavy atom. The largest absolute Gasteiger partial charge is 0.493 e. The molecular weight excluding hydrogens is 316 g/mol. The van der Waals surface area contributed by atoms with Crippen molar-refractivity contribution in [3.63, 3.8) is 0 Å². The lowest BCUT2D eigenvalue weighted by Crippen LogP contribution is -2.16. The van der Waals surface area contributed by atoms with Crippen LogP contribution in [0.15, 0.2) is 53.6 Å². The third-order valence-corrected chi connectivity index (χ3v) is 3.59. The second kappa shape index (κ2) is 10.1. The molecule has 2 aromatic rings. The van der Waals surface area contributed by atoms with E-state index < -0.39 is 0 Å². The number of methoxy groups -OCH3 is 1. The van der Waals surface area contributed by atoms with Gasteiger partial charge in [-0.15, -0.1) is 0 Å². The van der Waals surface area contributed by atoms with Crippen molar-refractivity contribution in [2.45, 2.75) is 32.8 Å². The minimum atomic E-state index is -0.0760. The third-order valence-electron chi connectivity index (χ3n) is 3.59. The van der Waals surface area contributed by atoms with E-state index in [0.29, 0.717) is 24.5 Å². The van der Waals surface area contributed by atoms with Crippen molar-refractivity contribution < 1.29 is 14.3 Å². The number of carbonyl (C=O) groups excluding carboxylic acids is 1. The van der Waals surface area contributed by atoms with E-state index in [9.17, 15) is 4.79 Å². The highest BCUT2D eigenvalue weighted by molar-refractivity contribution is 5.83. The predicted octanol–water partition coefficient (Wildman–Crippen LogP) is 3.91. The molecule has 1 amide bonds. The molecule has 1 N–H and O–H groups in total. The zero-order valence-corrected chi connectivity index (χ0v) is 14.7. The summed E-state index contributed by atoms with van der Waals surface area (Å²) in [7, 11) is 1.60. The Balaban J connectivity index is 1.95. The maximum atomic E-state index is 11.5. The van der Waals surface area contributed by atoms with E-state index in [-0.39, 0.29) is 5.91 Å². The Bertz CT molecular complexity index is 699. The minimum Gasteiger partial charge on any atom is -0.493 e. The Kier molecular flexibility index (Phi) is 7.50. The number of hydrazone groups is 1. The van der Waals surface area contributed by atoms with Gasteiger partial charge in [0.2, 0.25) is 5.91 Å². The van der Waals surface area contributed by atoms with Crippen LogP contribution in [0.1, 0.15) is 37.3 Å². The highest BCUT2D eigenvalue weighted by Gasteiger charge is 2.06. The summed E-state index contributed by atoms with van der Waals surface area (Å²) in [5, 5.41) is 3.97. The lowest BCUT2D eigenvalue weighted by atomic mass is 10.2. The third kappa shape index (κ3) is 6.30. The normalized spacial score (nSPS) is 10.6. The summed E-state index contributed by atoms with van der Waals surface area (Å²) >= 11 is 0. The average Bonchev–Trinajstić information content (AvgIpc) is 2.66. The lowest BCUT2D eigenvalue weighted by Gasteiger charge is -2.11. The molecule has 0 saturated heterocycles. The van der Waals surface area contributed by atoms with Crippen LogP contribution in [0.4, 0.5) is 0 Å². The van der Waals surface area contributed by atoms with Gasteiger partial charge in [-0.2, -0.15) is 5.10 Å². The standard InChI is InChI=1S/C20H24N2O3/c1-3-4-10-20(23)22-21-14-17-11-12-18(19(13-17)24-2)25-15-16-8-6-5-7-9-16/h5-9,11-14H,3-4,10,15H2,1-2H3,(H,22,23). The van der Waals surface area contributed by atoms with Gasteiger partial charge in [0.15, 0.2) is 11.5 Å². The van der Waals surface area contributed by atoms with Crippen LogP contribution in [0.3, 0.4) is 0 Å². The molecule has 0 aromatic heterocycles. The van der Waals surface area contributed by atoms with E-state index in [2.05, 4.69) is 10.5 Å². The maximum absolute atomic E-state index is 11.5. The number of benzene rings is 2. The fraction of sp³-hybridized carbons (Fsp3) is 0.300. The molecule has 0 aliphatic rings. The van der Waals surface area contributed by atoms with Crippen molar-refractivity contribution in [3.05, 3.63) is 59.7 Å². The summed E-state index contributed by atoms with van der Waals surface area (Å²) in [4.78, 5) is 11.5. The zero-order chi connectivity index (χ0) is 17.9. The first-order chi connectivity index (χ1) is 12.2. The Morgan fingerprint density at radius 2 is 1.96 bits per heavy atom. The van der Waals surface area contributed by atoms with Gasteiger partial charge < -0.3 is 9.47 Å². The van der Waals surface area contributed by atoms with Crippen molar-refractivity contribution in [2.24, 2.45) is 5.10 Å². The number of nitrogens with one attached hydrogen (secondary N) is 1. The first kappa shape index (κ1) is 18.5. The molecule has 2 aromatic carbocycles. The Hall–Kier alpha value is -2.82. The molecule has 2 rings (SSSR count). The van der Waals surface area contributed by atoms with Gasteiger partial charge in [-0.05, 0) is 35.7 Å². The van der Waals surface area contributed by atoms with Gasteiger partial charge in [-0.1, -0.05) is 43.7 Å². The van der Waals surface area contributed by atoms with Gasteiger partial charge in [0.25, 0.3) is 0 Å². The molecule has 132 valence electrons. The fourth-order valence-electron chi connectivity index (χ4n) is 2.19. The molecule has 0 heterocycles. The number of hydrogen-bond donors (Lipinski definition) is 1. The first-order valence-corrected chi connectivity index (χ1v) is 8.39. The Morgan fingerprint density at radius 1 is 1.16 bits per heavy atom. The highest BCUT2D eigenvalue weighted by Crippen LogP contribution is 2.28. The second-order valence-corrected chi connectivity index (χ2v) is 5.58. The molecule has 0 bridgehead atoms. The van der Waals surface area contributed by atoms with E-state index in [0.717, 1.165) is 24.0 Å². The van der Waals surface area contributed by atoms with Crippen LogP contribution in [0, 0.1) is 0 Å². The molecule has 0 fully saturated rings. The SMILES string of the molecule is CCCCC(=O)NN=Cc1ccc(OCc2ccccc2)c(OC)c1. The van der Waals surface area contributed by atoms with E-state index in [1.54, 1.807) is 13.3 Å². The van der Waals surface area contributed by atoms with E-state index >= 15 is 0 Å². The van der Waals surface area contributed by atoms with Crippen LogP contribution < -0.4 is 14.9 Å². The molecule has 5 nitrogen and oxygen atoms in total. The van der Waals surface area contributed by atoms with Gasteiger partial charge in [0.05, 0.1) is 13.3 Å². The molecule has 0 aliphatic heterocycles. The summed E-state index contributed by atoms with van der Waals surface area (Å²) in [6, 6.07) is 15.5. The van der Waals surface area contributed by atoms with Gasteiger partial charge >= 0.3 is 0 Å². The molecule has 5 heteroatoms. The van der Waals surface area contributed by atoms with Crippen LogP contribution in [-0.4, -0.2) is 19.2 Å². The number of carbonyl (C=O) groups is 1.